The summed E-state index contributed by atoms with van der Waals surface area (Å²) in [6.45, 7) is 8.97. The molecular weight excluding hydrogens is 418 g/mol. The fourth-order valence-electron chi connectivity index (χ4n) is 5.90. The van der Waals surface area contributed by atoms with Gasteiger partial charge in [0, 0.05) is 22.0 Å². The van der Waals surface area contributed by atoms with Crippen LogP contribution in [0, 0.1) is 37.0 Å². The number of carbonyl (C=O) groups is 2. The number of hydrogen-bond donors (Lipinski definition) is 2. The number of benzene rings is 1. The van der Waals surface area contributed by atoms with Gasteiger partial charge in [-0.3, -0.25) is 9.59 Å². The summed E-state index contributed by atoms with van der Waals surface area (Å²) < 4.78 is 1.09. The first kappa shape index (κ1) is 23.0. The molecule has 0 aliphatic heterocycles. The molecule has 2 aromatic rings. The van der Waals surface area contributed by atoms with Crippen molar-refractivity contribution < 1.29 is 14.7 Å². The first-order valence-corrected chi connectivity index (χ1v) is 12.7. The molecule has 3 unspecified atom stereocenters. The highest BCUT2D eigenvalue weighted by Gasteiger charge is 2.57. The molecule has 172 valence electrons. The van der Waals surface area contributed by atoms with E-state index in [-0.39, 0.29) is 23.8 Å². The molecule has 0 radical (unpaired) electrons. The van der Waals surface area contributed by atoms with E-state index in [1.54, 1.807) is 11.3 Å². The summed E-state index contributed by atoms with van der Waals surface area (Å²) in [7, 11) is 0. The van der Waals surface area contributed by atoms with Gasteiger partial charge < -0.3 is 10.4 Å². The Kier molecular flexibility index (Phi) is 6.49. The maximum atomic E-state index is 13.5. The molecule has 3 aliphatic carbocycles. The van der Waals surface area contributed by atoms with E-state index in [0.29, 0.717) is 18.3 Å². The van der Waals surface area contributed by atoms with Gasteiger partial charge in [-0.2, -0.15) is 0 Å². The third kappa shape index (κ3) is 4.24. The molecule has 4 atom stereocenters. The number of amides is 1. The van der Waals surface area contributed by atoms with Crippen molar-refractivity contribution in [1.29, 1.82) is 0 Å². The van der Waals surface area contributed by atoms with Crippen LogP contribution in [0.2, 0.25) is 0 Å². The first-order valence-electron chi connectivity index (χ1n) is 11.9. The number of rotatable bonds is 8. The van der Waals surface area contributed by atoms with E-state index in [4.69, 9.17) is 5.11 Å². The molecule has 3 saturated carbocycles. The molecule has 1 heterocycles. The Morgan fingerprint density at radius 2 is 2.00 bits per heavy atom. The number of allylic oxidation sites excluding steroid dienone is 2. The molecule has 5 heteroatoms. The van der Waals surface area contributed by atoms with Gasteiger partial charge in [0.15, 0.2) is 0 Å². The normalized spacial score (nSPS) is 26.2. The number of carbonyl (C=O) groups excluding carboxylic acids is 1. The van der Waals surface area contributed by atoms with Crippen molar-refractivity contribution in [3.8, 4) is 0 Å². The molecule has 0 saturated heterocycles. The molecule has 32 heavy (non-hydrogen) atoms. The summed E-state index contributed by atoms with van der Waals surface area (Å²) in [5.74, 6) is 1.01. The molecule has 1 amide bonds. The number of thiophene rings is 1. The molecule has 1 aromatic carbocycles. The Balaban J connectivity index is 1.49. The molecule has 5 rings (SSSR count). The zero-order valence-electron chi connectivity index (χ0n) is 19.6. The van der Waals surface area contributed by atoms with Crippen molar-refractivity contribution in [2.45, 2.75) is 72.3 Å². The summed E-state index contributed by atoms with van der Waals surface area (Å²) in [5, 5.41) is 13.4. The highest BCUT2D eigenvalue weighted by molar-refractivity contribution is 7.19. The molecule has 2 bridgehead atoms. The van der Waals surface area contributed by atoms with Crippen molar-refractivity contribution in [3.63, 3.8) is 0 Å². The Labute approximate surface area is 195 Å². The average Bonchev–Trinajstić information content (AvgIpc) is 3.04. The molecule has 3 fully saturated rings. The topological polar surface area (TPSA) is 66.4 Å². The highest BCUT2D eigenvalue weighted by atomic mass is 32.1. The van der Waals surface area contributed by atoms with Crippen LogP contribution in [0.4, 0.5) is 0 Å². The number of fused-ring (bicyclic) bond motifs is 3. The molecule has 4 nitrogen and oxygen atoms in total. The minimum Gasteiger partial charge on any atom is -0.481 e. The zero-order valence-corrected chi connectivity index (χ0v) is 20.4. The third-order valence-corrected chi connectivity index (χ3v) is 9.44. The minimum absolute atomic E-state index is 0.0541. The van der Waals surface area contributed by atoms with Gasteiger partial charge in [-0.1, -0.05) is 38.1 Å². The van der Waals surface area contributed by atoms with Crippen molar-refractivity contribution in [2.24, 2.45) is 23.2 Å². The monoisotopic (exact) mass is 453 g/mol. The molecular formula is C27H35NO3S. The number of hydrogen-bond acceptors (Lipinski definition) is 3. The van der Waals surface area contributed by atoms with Gasteiger partial charge in [0.25, 0.3) is 5.91 Å². The Morgan fingerprint density at radius 3 is 2.72 bits per heavy atom. The van der Waals surface area contributed by atoms with Crippen LogP contribution in [-0.2, 0) is 4.79 Å². The van der Waals surface area contributed by atoms with Crippen molar-refractivity contribution in [2.75, 3.05) is 0 Å². The van der Waals surface area contributed by atoms with Crippen LogP contribution in [-0.4, -0.2) is 23.0 Å². The van der Waals surface area contributed by atoms with Crippen LogP contribution in [0.25, 0.3) is 10.1 Å². The second-order valence-electron chi connectivity index (χ2n) is 10.3. The van der Waals surface area contributed by atoms with Crippen LogP contribution >= 0.6 is 11.3 Å². The van der Waals surface area contributed by atoms with Crippen molar-refractivity contribution in [3.05, 3.63) is 46.4 Å². The lowest BCUT2D eigenvalue weighted by molar-refractivity contribution is -0.137. The van der Waals surface area contributed by atoms with Gasteiger partial charge in [0.05, 0.1) is 5.56 Å². The van der Waals surface area contributed by atoms with E-state index in [0.717, 1.165) is 35.4 Å². The van der Waals surface area contributed by atoms with E-state index in [1.165, 1.54) is 22.2 Å². The van der Waals surface area contributed by atoms with Gasteiger partial charge in [-0.25, -0.2) is 0 Å². The van der Waals surface area contributed by atoms with Crippen LogP contribution in [0.15, 0.2) is 30.4 Å². The molecule has 2 N–H and O–H groups in total. The predicted molar refractivity (Wildman–Crippen MR) is 131 cm³/mol. The SMILES string of the molecule is Cc1sc2c(C(=O)NC3C4CC(C[C@@H]3C/C=C\CCCC(=O)O)C4(C)C)cccc2c1C. The number of nitrogens with one attached hydrogen (secondary N) is 1. The summed E-state index contributed by atoms with van der Waals surface area (Å²) in [6, 6.07) is 6.26. The van der Waals surface area contributed by atoms with Crippen LogP contribution in [0.1, 0.15) is 73.2 Å². The summed E-state index contributed by atoms with van der Waals surface area (Å²) >= 11 is 1.72. The predicted octanol–water partition coefficient (Wildman–Crippen LogP) is 6.50. The lowest BCUT2D eigenvalue weighted by atomic mass is 9.44. The van der Waals surface area contributed by atoms with Crippen LogP contribution in [0.3, 0.4) is 0 Å². The quantitative estimate of drug-likeness (QED) is 0.354. The number of aliphatic carboxylic acids is 1. The number of unbranched alkanes of at least 4 members (excludes halogenated alkanes) is 1. The second-order valence-corrected chi connectivity index (χ2v) is 11.5. The van der Waals surface area contributed by atoms with E-state index < -0.39 is 5.97 Å². The van der Waals surface area contributed by atoms with E-state index in [9.17, 15) is 9.59 Å². The van der Waals surface area contributed by atoms with Gasteiger partial charge in [0.1, 0.15) is 0 Å². The number of carboxylic acid groups (broad SMARTS) is 1. The fraction of sp³-hybridized carbons (Fsp3) is 0.556. The Morgan fingerprint density at radius 1 is 1.22 bits per heavy atom. The van der Waals surface area contributed by atoms with Crippen LogP contribution in [0.5, 0.6) is 0 Å². The lowest BCUT2D eigenvalue weighted by Crippen LogP contribution is -2.63. The maximum Gasteiger partial charge on any atom is 0.303 e. The van der Waals surface area contributed by atoms with Crippen LogP contribution < -0.4 is 5.32 Å². The Bertz CT molecular complexity index is 1050. The van der Waals surface area contributed by atoms with E-state index in [2.05, 4.69) is 51.2 Å². The maximum absolute atomic E-state index is 13.5. The minimum atomic E-state index is -0.734. The Hall–Kier alpha value is -2.14. The smallest absolute Gasteiger partial charge is 0.303 e. The van der Waals surface area contributed by atoms with Gasteiger partial charge in [-0.15, -0.1) is 11.3 Å². The summed E-state index contributed by atoms with van der Waals surface area (Å²) in [6.07, 6.45) is 9.32. The standard InChI is InChI=1S/C27H35NO3S/c1-16-17(2)32-25-20(16)11-9-12-21(25)26(31)28-24-18(10-7-5-6-8-13-23(29)30)14-19-15-22(24)27(19,3)4/h5,7,9,11-12,18-19,22,24H,6,8,10,13-15H2,1-4H3,(H,28,31)(H,29,30)/b7-5-/t18-,19?,22?,24?/m0/s1. The summed E-state index contributed by atoms with van der Waals surface area (Å²) in [4.78, 5) is 25.4. The van der Waals surface area contributed by atoms with Gasteiger partial charge in [-0.05, 0) is 86.1 Å². The number of aryl methyl sites for hydroxylation is 2. The molecule has 3 aliphatic rings. The zero-order chi connectivity index (χ0) is 23.0. The molecule has 0 spiro atoms. The number of carboxylic acids is 1. The van der Waals surface area contributed by atoms with E-state index >= 15 is 0 Å². The molecule has 1 aromatic heterocycles. The first-order chi connectivity index (χ1) is 15.2. The fourth-order valence-corrected chi connectivity index (χ4v) is 7.07. The highest BCUT2D eigenvalue weighted by Crippen LogP contribution is 2.61. The van der Waals surface area contributed by atoms with Gasteiger partial charge >= 0.3 is 5.97 Å². The van der Waals surface area contributed by atoms with Crippen molar-refractivity contribution >= 4 is 33.3 Å². The largest absolute Gasteiger partial charge is 0.481 e. The second kappa shape index (κ2) is 9.01. The van der Waals surface area contributed by atoms with Crippen molar-refractivity contribution in [1.82, 2.24) is 5.32 Å². The third-order valence-electron chi connectivity index (χ3n) is 8.19. The lowest BCUT2D eigenvalue weighted by Gasteiger charge is -2.62. The van der Waals surface area contributed by atoms with E-state index in [1.807, 2.05) is 12.1 Å². The average molecular weight is 454 g/mol. The van der Waals surface area contributed by atoms with Gasteiger partial charge in [0.2, 0.25) is 0 Å². The summed E-state index contributed by atoms with van der Waals surface area (Å²) in [5.41, 5.74) is 2.35.